The van der Waals surface area contributed by atoms with Gasteiger partial charge in [-0.1, -0.05) is 12.5 Å². The molecule has 1 saturated heterocycles. The molecule has 2 amide bonds. The number of rotatable bonds is 5. The number of carbonyl (C=O) groups is 2. The van der Waals surface area contributed by atoms with Crippen LogP contribution in [0.15, 0.2) is 18.5 Å². The van der Waals surface area contributed by atoms with Crippen molar-refractivity contribution in [3.05, 3.63) is 46.2 Å². The first-order valence-corrected chi connectivity index (χ1v) is 11.0. The van der Waals surface area contributed by atoms with Crippen molar-refractivity contribution in [1.82, 2.24) is 24.6 Å². The Kier molecular flexibility index (Phi) is 8.04. The maximum absolute atomic E-state index is 13.3. The standard InChI is InChI=1S/C23H29N8O2.W/c1-13-14(2)17(8-7-15(13)10-18(32)30(3)4)28-23(33)20-19-21(24)26-12-27-22(19)31(29-20)16-6-5-9-25-11-16;/h7-8,12,16H,5-6,9-11H2,1-4H3,(H,28,33)(H2,24,26,27);/q-1;. The van der Waals surface area contributed by atoms with E-state index in [-0.39, 0.29) is 50.4 Å². The molecule has 1 aliphatic rings. The number of nitrogen functional groups attached to an aromatic ring is 1. The van der Waals surface area contributed by atoms with Crippen LogP contribution < -0.4 is 11.1 Å². The van der Waals surface area contributed by atoms with Crippen LogP contribution in [0.5, 0.6) is 0 Å². The van der Waals surface area contributed by atoms with Gasteiger partial charge in [0.25, 0.3) is 5.91 Å². The Morgan fingerprint density at radius 3 is 2.68 bits per heavy atom. The molecule has 34 heavy (non-hydrogen) atoms. The van der Waals surface area contributed by atoms with Crippen molar-refractivity contribution >= 4 is 34.4 Å². The van der Waals surface area contributed by atoms with Gasteiger partial charge in [-0.05, 0) is 43.0 Å². The first kappa shape index (κ1) is 25.8. The number of anilines is 2. The average Bonchev–Trinajstić information content (AvgIpc) is 3.20. The zero-order valence-electron chi connectivity index (χ0n) is 19.8. The molecule has 3 aromatic rings. The van der Waals surface area contributed by atoms with E-state index in [1.807, 2.05) is 26.0 Å². The molecule has 0 radical (unpaired) electrons. The molecular formula is C23H29N8O2W-. The molecule has 2 aromatic heterocycles. The summed E-state index contributed by atoms with van der Waals surface area (Å²) in [7, 11) is 3.47. The molecule has 1 atom stereocenters. The van der Waals surface area contributed by atoms with E-state index in [0.29, 0.717) is 29.7 Å². The van der Waals surface area contributed by atoms with E-state index in [1.165, 1.54) is 6.33 Å². The summed E-state index contributed by atoms with van der Waals surface area (Å²) in [5, 5.41) is 12.5. The van der Waals surface area contributed by atoms with Gasteiger partial charge in [0.1, 0.15) is 12.1 Å². The van der Waals surface area contributed by atoms with Crippen LogP contribution in [0.4, 0.5) is 11.5 Å². The van der Waals surface area contributed by atoms with Gasteiger partial charge in [0.2, 0.25) is 5.91 Å². The Balaban J connectivity index is 0.00000324. The van der Waals surface area contributed by atoms with Gasteiger partial charge in [0, 0.05) is 46.9 Å². The van der Waals surface area contributed by atoms with E-state index in [4.69, 9.17) is 5.73 Å². The molecule has 11 heteroatoms. The molecule has 0 aliphatic carbocycles. The van der Waals surface area contributed by atoms with Crippen LogP contribution in [0.3, 0.4) is 0 Å². The molecule has 0 spiro atoms. The summed E-state index contributed by atoms with van der Waals surface area (Å²) in [4.78, 5) is 35.4. The van der Waals surface area contributed by atoms with Gasteiger partial charge in [-0.2, -0.15) is 5.10 Å². The Labute approximate surface area is 213 Å². The fraction of sp³-hybridized carbons (Fsp3) is 0.435. The van der Waals surface area contributed by atoms with Gasteiger partial charge in [-0.15, -0.1) is 13.1 Å². The molecule has 1 aliphatic heterocycles. The number of aromatic nitrogens is 4. The van der Waals surface area contributed by atoms with Crippen LogP contribution in [0.2, 0.25) is 0 Å². The molecule has 0 bridgehead atoms. The number of benzene rings is 1. The number of fused-ring (bicyclic) bond motifs is 1. The number of nitrogens with two attached hydrogens (primary N) is 1. The molecule has 3 heterocycles. The zero-order chi connectivity index (χ0) is 23.7. The second-order valence-corrected chi connectivity index (χ2v) is 8.62. The minimum absolute atomic E-state index is 0. The predicted octanol–water partition coefficient (Wildman–Crippen LogP) is 2.61. The Morgan fingerprint density at radius 1 is 1.24 bits per heavy atom. The summed E-state index contributed by atoms with van der Waals surface area (Å²) in [6, 6.07) is 3.73. The number of piperidine rings is 1. The molecule has 0 saturated carbocycles. The molecule has 1 aromatic carbocycles. The Hall–Kier alpha value is -2.84. The van der Waals surface area contributed by atoms with Crippen LogP contribution >= 0.6 is 0 Å². The van der Waals surface area contributed by atoms with Crippen LogP contribution in [-0.4, -0.2) is 63.6 Å². The van der Waals surface area contributed by atoms with E-state index < -0.39 is 0 Å². The zero-order valence-corrected chi connectivity index (χ0v) is 22.8. The topological polar surface area (TPSA) is 133 Å². The molecule has 180 valence electrons. The van der Waals surface area contributed by atoms with Gasteiger partial charge in [-0.3, -0.25) is 9.59 Å². The van der Waals surface area contributed by atoms with E-state index in [1.54, 1.807) is 23.7 Å². The first-order valence-electron chi connectivity index (χ1n) is 11.0. The number of hydrogen-bond acceptors (Lipinski definition) is 6. The fourth-order valence-corrected chi connectivity index (χ4v) is 4.09. The van der Waals surface area contributed by atoms with E-state index >= 15 is 0 Å². The molecule has 4 rings (SSSR count). The third kappa shape index (κ3) is 4.98. The Bertz CT molecular complexity index is 1220. The quantitative estimate of drug-likeness (QED) is 0.444. The van der Waals surface area contributed by atoms with Crippen molar-refractivity contribution in [2.75, 3.05) is 38.2 Å². The average molecular weight is 633 g/mol. The maximum atomic E-state index is 13.3. The number of amides is 2. The van der Waals surface area contributed by atoms with Crippen molar-refractivity contribution in [1.29, 1.82) is 0 Å². The van der Waals surface area contributed by atoms with Crippen LogP contribution in [0.25, 0.3) is 16.4 Å². The number of hydrogen-bond donors (Lipinski definition) is 2. The van der Waals surface area contributed by atoms with Crippen LogP contribution in [0, 0.1) is 13.8 Å². The minimum atomic E-state index is -0.382. The number of nitrogens with one attached hydrogen (secondary N) is 1. The maximum Gasteiger partial charge on any atom is 0.277 e. The summed E-state index contributed by atoms with van der Waals surface area (Å²) in [5.41, 5.74) is 10.3. The summed E-state index contributed by atoms with van der Waals surface area (Å²) >= 11 is 0. The van der Waals surface area contributed by atoms with Gasteiger partial charge in [0.05, 0.1) is 11.8 Å². The van der Waals surface area contributed by atoms with Gasteiger partial charge >= 0.3 is 0 Å². The van der Waals surface area contributed by atoms with E-state index in [9.17, 15) is 9.59 Å². The summed E-state index contributed by atoms with van der Waals surface area (Å²) in [6.45, 7) is 5.35. The molecule has 1 unspecified atom stereocenters. The molecule has 10 nitrogen and oxygen atoms in total. The number of likely N-dealkylation sites (N-methyl/N-ethyl adjacent to an activating group) is 1. The predicted molar refractivity (Wildman–Crippen MR) is 127 cm³/mol. The Morgan fingerprint density at radius 2 is 2.00 bits per heavy atom. The van der Waals surface area contributed by atoms with Crippen molar-refractivity contribution in [3.63, 3.8) is 0 Å². The van der Waals surface area contributed by atoms with Crippen LogP contribution in [-0.2, 0) is 32.3 Å². The fourth-order valence-electron chi connectivity index (χ4n) is 4.09. The number of nitrogens with zero attached hydrogens (tertiary/aromatic N) is 6. The second kappa shape index (κ2) is 10.6. The third-order valence-corrected chi connectivity index (χ3v) is 6.26. The normalized spacial score (nSPS) is 15.6. The molecule has 1 fully saturated rings. The van der Waals surface area contributed by atoms with E-state index in [2.05, 4.69) is 25.7 Å². The van der Waals surface area contributed by atoms with Crippen molar-refractivity contribution < 1.29 is 30.7 Å². The molecular weight excluding hydrogens is 604 g/mol. The van der Waals surface area contributed by atoms with Gasteiger partial charge < -0.3 is 21.3 Å². The van der Waals surface area contributed by atoms with E-state index in [0.717, 1.165) is 36.1 Å². The van der Waals surface area contributed by atoms with Gasteiger partial charge in [0.15, 0.2) is 11.3 Å². The van der Waals surface area contributed by atoms with Crippen molar-refractivity contribution in [2.24, 2.45) is 0 Å². The van der Waals surface area contributed by atoms with Crippen LogP contribution in [0.1, 0.15) is 46.1 Å². The summed E-state index contributed by atoms with van der Waals surface area (Å²) in [5.74, 6) is -0.140. The summed E-state index contributed by atoms with van der Waals surface area (Å²) in [6.07, 6.45) is 3.58. The monoisotopic (exact) mass is 633 g/mol. The second-order valence-electron chi connectivity index (χ2n) is 8.62. The third-order valence-electron chi connectivity index (χ3n) is 6.26. The van der Waals surface area contributed by atoms with Gasteiger partial charge in [-0.25, -0.2) is 14.6 Å². The summed E-state index contributed by atoms with van der Waals surface area (Å²) < 4.78 is 1.76. The SMILES string of the molecule is Cc1c(CC(=O)N(C)C)ccc(NC(=O)c2nn(C3CCC[N-]C3)c3ncnc(N)c23)c1C.[W]. The smallest absolute Gasteiger partial charge is 0.277 e. The number of carbonyl (C=O) groups excluding carboxylic acids is 2. The van der Waals surface area contributed by atoms with Crippen molar-refractivity contribution in [3.8, 4) is 0 Å². The van der Waals surface area contributed by atoms with Crippen molar-refractivity contribution in [2.45, 2.75) is 39.2 Å². The largest absolute Gasteiger partial charge is 0.661 e. The minimum Gasteiger partial charge on any atom is -0.661 e. The molecule has 3 N–H and O–H groups in total. The first-order chi connectivity index (χ1) is 15.8.